The number of hydrogen-bond donors (Lipinski definition) is 1. The van der Waals surface area contributed by atoms with Crippen molar-refractivity contribution in [3.05, 3.63) is 60.2 Å². The lowest BCUT2D eigenvalue weighted by Gasteiger charge is -1.97. The van der Waals surface area contributed by atoms with Gasteiger partial charge >= 0.3 is 0 Å². The van der Waals surface area contributed by atoms with Gasteiger partial charge in [0.15, 0.2) is 0 Å². The zero-order valence-electron chi connectivity index (χ0n) is 8.30. The summed E-state index contributed by atoms with van der Waals surface area (Å²) < 4.78 is 0. The molecular weight excluding hydrogens is 184 g/mol. The molecule has 0 atom stereocenters. The summed E-state index contributed by atoms with van der Waals surface area (Å²) in [5.41, 5.74) is 8.42. The highest BCUT2D eigenvalue weighted by Crippen LogP contribution is 2.12. The van der Waals surface area contributed by atoms with E-state index in [1.54, 1.807) is 6.21 Å². The fourth-order valence-electron chi connectivity index (χ4n) is 1.29. The van der Waals surface area contributed by atoms with Crippen LogP contribution in [-0.4, -0.2) is 6.21 Å². The van der Waals surface area contributed by atoms with Gasteiger partial charge < -0.3 is 5.73 Å². The zero-order chi connectivity index (χ0) is 10.5. The molecule has 0 spiro atoms. The normalized spacial score (nSPS) is 10.7. The highest BCUT2D eigenvalue weighted by atomic mass is 14.7. The monoisotopic (exact) mass is 196 g/mol. The first-order valence-electron chi connectivity index (χ1n) is 4.80. The van der Waals surface area contributed by atoms with Crippen LogP contribution in [0.2, 0.25) is 0 Å². The summed E-state index contributed by atoms with van der Waals surface area (Å²) in [5, 5.41) is 0. The fraction of sp³-hybridized carbons (Fsp3) is 0. The smallest absolute Gasteiger partial charge is 0.0629 e. The molecular formula is C13H12N2. The van der Waals surface area contributed by atoms with Crippen LogP contribution in [0.3, 0.4) is 0 Å². The van der Waals surface area contributed by atoms with Crippen molar-refractivity contribution >= 4 is 17.6 Å². The summed E-state index contributed by atoms with van der Waals surface area (Å²) in [6.45, 7) is 0. The second-order valence-corrected chi connectivity index (χ2v) is 3.22. The molecule has 0 fully saturated rings. The van der Waals surface area contributed by atoms with Crippen molar-refractivity contribution in [1.82, 2.24) is 0 Å². The van der Waals surface area contributed by atoms with E-state index < -0.39 is 0 Å². The number of benzene rings is 2. The molecule has 0 unspecified atom stereocenters. The van der Waals surface area contributed by atoms with E-state index in [0.717, 1.165) is 16.9 Å². The van der Waals surface area contributed by atoms with E-state index in [0.29, 0.717) is 0 Å². The molecule has 0 aliphatic heterocycles. The van der Waals surface area contributed by atoms with Crippen LogP contribution < -0.4 is 5.73 Å². The van der Waals surface area contributed by atoms with Crippen molar-refractivity contribution in [2.75, 3.05) is 5.73 Å². The third-order valence-electron chi connectivity index (χ3n) is 2.10. The van der Waals surface area contributed by atoms with Crippen LogP contribution in [0.5, 0.6) is 0 Å². The van der Waals surface area contributed by atoms with Gasteiger partial charge in [0.2, 0.25) is 0 Å². The highest BCUT2D eigenvalue weighted by Gasteiger charge is 1.92. The van der Waals surface area contributed by atoms with Crippen molar-refractivity contribution in [1.29, 1.82) is 0 Å². The van der Waals surface area contributed by atoms with E-state index in [2.05, 4.69) is 4.99 Å². The minimum atomic E-state index is 0.747. The summed E-state index contributed by atoms with van der Waals surface area (Å²) in [4.78, 5) is 4.33. The van der Waals surface area contributed by atoms with Crippen molar-refractivity contribution in [2.45, 2.75) is 0 Å². The topological polar surface area (TPSA) is 38.4 Å². The van der Waals surface area contributed by atoms with Gasteiger partial charge in [-0.2, -0.15) is 0 Å². The van der Waals surface area contributed by atoms with Crippen LogP contribution in [-0.2, 0) is 0 Å². The van der Waals surface area contributed by atoms with E-state index in [1.807, 2.05) is 54.6 Å². The van der Waals surface area contributed by atoms with Crippen molar-refractivity contribution in [3.8, 4) is 0 Å². The summed E-state index contributed by atoms with van der Waals surface area (Å²) >= 11 is 0. The van der Waals surface area contributed by atoms with Crippen LogP contribution in [0.4, 0.5) is 11.4 Å². The molecule has 74 valence electrons. The Labute approximate surface area is 89.1 Å². The number of rotatable bonds is 2. The first-order valence-corrected chi connectivity index (χ1v) is 4.80. The summed E-state index contributed by atoms with van der Waals surface area (Å²) in [6, 6.07) is 17.5. The quantitative estimate of drug-likeness (QED) is 0.582. The first-order chi connectivity index (χ1) is 7.36. The molecule has 0 amide bonds. The first kappa shape index (κ1) is 9.46. The number of hydrogen-bond acceptors (Lipinski definition) is 2. The number of nitrogen functional groups attached to an aromatic ring is 1. The molecule has 0 saturated heterocycles. The van der Waals surface area contributed by atoms with Crippen LogP contribution in [0, 0.1) is 0 Å². The molecule has 2 nitrogen and oxygen atoms in total. The Bertz CT molecular complexity index is 461. The molecule has 2 heteroatoms. The van der Waals surface area contributed by atoms with E-state index >= 15 is 0 Å². The van der Waals surface area contributed by atoms with Gasteiger partial charge in [0.1, 0.15) is 0 Å². The predicted molar refractivity (Wildman–Crippen MR) is 64.6 cm³/mol. The number of para-hydroxylation sites is 2. The van der Waals surface area contributed by atoms with Gasteiger partial charge in [-0.15, -0.1) is 0 Å². The van der Waals surface area contributed by atoms with Gasteiger partial charge in [-0.1, -0.05) is 36.4 Å². The van der Waals surface area contributed by atoms with Gasteiger partial charge in [-0.25, -0.2) is 0 Å². The van der Waals surface area contributed by atoms with Crippen molar-refractivity contribution in [2.24, 2.45) is 4.99 Å². The summed E-state index contributed by atoms with van der Waals surface area (Å²) in [6.07, 6.45) is 1.78. The molecule has 0 saturated carbocycles. The third kappa shape index (κ3) is 2.44. The molecule has 2 aromatic rings. The minimum Gasteiger partial charge on any atom is -0.398 e. The van der Waals surface area contributed by atoms with Gasteiger partial charge in [-0.05, 0) is 18.2 Å². The average molecular weight is 196 g/mol. The molecule has 0 radical (unpaired) electrons. The van der Waals surface area contributed by atoms with Crippen molar-refractivity contribution < 1.29 is 0 Å². The Morgan fingerprint density at radius 3 is 2.27 bits per heavy atom. The van der Waals surface area contributed by atoms with E-state index in [4.69, 9.17) is 5.73 Å². The van der Waals surface area contributed by atoms with Crippen LogP contribution in [0.1, 0.15) is 5.56 Å². The maximum absolute atomic E-state index is 5.79. The Balaban J connectivity index is 2.23. The lowest BCUT2D eigenvalue weighted by atomic mass is 10.2. The van der Waals surface area contributed by atoms with Gasteiger partial charge in [-0.3, -0.25) is 4.99 Å². The molecule has 2 aromatic carbocycles. The molecule has 2 N–H and O–H groups in total. The molecule has 15 heavy (non-hydrogen) atoms. The predicted octanol–water partition coefficient (Wildman–Crippen LogP) is 3.02. The van der Waals surface area contributed by atoms with Crippen molar-refractivity contribution in [3.63, 3.8) is 0 Å². The zero-order valence-corrected chi connectivity index (χ0v) is 8.30. The lowest BCUT2D eigenvalue weighted by Crippen LogP contribution is -1.91. The van der Waals surface area contributed by atoms with E-state index in [9.17, 15) is 0 Å². The summed E-state index contributed by atoms with van der Waals surface area (Å²) in [7, 11) is 0. The molecule has 2 rings (SSSR count). The van der Waals surface area contributed by atoms with Gasteiger partial charge in [0.25, 0.3) is 0 Å². The van der Waals surface area contributed by atoms with E-state index in [1.165, 1.54) is 0 Å². The number of nitrogens with two attached hydrogens (primary N) is 1. The van der Waals surface area contributed by atoms with Crippen LogP contribution in [0.15, 0.2) is 59.6 Å². The second-order valence-electron chi connectivity index (χ2n) is 3.22. The maximum atomic E-state index is 5.79. The standard InChI is InChI=1S/C13H12N2/c14-13-9-5-4-6-11(13)10-15-12-7-2-1-3-8-12/h1-10H,14H2. The Morgan fingerprint density at radius 1 is 0.867 bits per heavy atom. The molecule has 0 bridgehead atoms. The molecule has 0 aliphatic rings. The highest BCUT2D eigenvalue weighted by molar-refractivity contribution is 5.88. The summed E-state index contributed by atoms with van der Waals surface area (Å²) in [5.74, 6) is 0. The number of anilines is 1. The molecule has 0 heterocycles. The van der Waals surface area contributed by atoms with E-state index in [-0.39, 0.29) is 0 Å². The average Bonchev–Trinajstić information content (AvgIpc) is 2.29. The Morgan fingerprint density at radius 2 is 1.53 bits per heavy atom. The Hall–Kier alpha value is -2.09. The fourth-order valence-corrected chi connectivity index (χ4v) is 1.29. The maximum Gasteiger partial charge on any atom is 0.0629 e. The third-order valence-corrected chi connectivity index (χ3v) is 2.10. The Kier molecular flexibility index (Phi) is 2.79. The van der Waals surface area contributed by atoms with Gasteiger partial charge in [0.05, 0.1) is 5.69 Å². The minimum absolute atomic E-state index is 0.747. The SMILES string of the molecule is Nc1ccccc1C=Nc1ccccc1. The number of nitrogens with zero attached hydrogens (tertiary/aromatic N) is 1. The second kappa shape index (κ2) is 4.42. The number of aliphatic imine (C=N–C) groups is 1. The molecule has 0 aromatic heterocycles. The largest absolute Gasteiger partial charge is 0.398 e. The lowest BCUT2D eigenvalue weighted by molar-refractivity contribution is 1.52. The van der Waals surface area contributed by atoms with Crippen LogP contribution in [0.25, 0.3) is 0 Å². The molecule has 0 aliphatic carbocycles. The van der Waals surface area contributed by atoms with Gasteiger partial charge in [0, 0.05) is 17.5 Å². The van der Waals surface area contributed by atoms with Crippen LogP contribution >= 0.6 is 0 Å².